The highest BCUT2D eigenvalue weighted by atomic mass is 32.2. The molecule has 0 bridgehead atoms. The van der Waals surface area contributed by atoms with Gasteiger partial charge in [-0.3, -0.25) is 4.72 Å². The maximum absolute atomic E-state index is 13.0. The first kappa shape index (κ1) is 20.1. The number of benzene rings is 2. The van der Waals surface area contributed by atoms with Crippen LogP contribution in [0.25, 0.3) is 11.4 Å². The second kappa shape index (κ2) is 8.31. The Labute approximate surface area is 175 Å². The summed E-state index contributed by atoms with van der Waals surface area (Å²) in [4.78, 5) is 0.0858. The molecule has 9 nitrogen and oxygen atoms in total. The molecule has 158 valence electrons. The average molecular weight is 430 g/mol. The summed E-state index contributed by atoms with van der Waals surface area (Å²) in [5.74, 6) is 1.52. The highest BCUT2D eigenvalue weighted by Gasteiger charge is 2.28. The van der Waals surface area contributed by atoms with E-state index in [2.05, 4.69) is 20.2 Å². The van der Waals surface area contributed by atoms with E-state index < -0.39 is 10.0 Å². The van der Waals surface area contributed by atoms with Crippen LogP contribution in [0, 0.1) is 0 Å². The molecule has 10 heteroatoms. The molecule has 0 radical (unpaired) electrons. The van der Waals surface area contributed by atoms with Crippen molar-refractivity contribution in [2.75, 3.05) is 17.9 Å². The molecule has 30 heavy (non-hydrogen) atoms. The van der Waals surface area contributed by atoms with E-state index in [4.69, 9.17) is 9.47 Å². The van der Waals surface area contributed by atoms with Crippen molar-refractivity contribution in [3.8, 4) is 22.9 Å². The molecule has 1 fully saturated rings. The summed E-state index contributed by atoms with van der Waals surface area (Å²) in [6.07, 6.45) is 2.09. The Hall–Kier alpha value is -3.14. The van der Waals surface area contributed by atoms with Gasteiger partial charge in [-0.2, -0.15) is 0 Å². The van der Waals surface area contributed by atoms with Crippen molar-refractivity contribution in [1.82, 2.24) is 20.2 Å². The van der Waals surface area contributed by atoms with E-state index in [1.165, 1.54) is 12.1 Å². The number of aromatic nitrogens is 4. The van der Waals surface area contributed by atoms with Crippen LogP contribution < -0.4 is 14.2 Å². The lowest BCUT2D eigenvalue weighted by molar-refractivity contribution is 0.287. The second-order valence-corrected chi connectivity index (χ2v) is 8.52. The Balaban J connectivity index is 1.61. The van der Waals surface area contributed by atoms with Gasteiger partial charge in [-0.05, 0) is 61.4 Å². The predicted octanol–water partition coefficient (Wildman–Crippen LogP) is 3.27. The number of hydrogen-bond donors (Lipinski definition) is 1. The number of ether oxygens (including phenoxy) is 2. The van der Waals surface area contributed by atoms with Crippen LogP contribution in [0.5, 0.6) is 11.5 Å². The minimum absolute atomic E-state index is 0.0858. The number of anilines is 1. The van der Waals surface area contributed by atoms with Gasteiger partial charge in [-0.15, -0.1) is 5.10 Å². The zero-order valence-corrected chi connectivity index (χ0v) is 17.6. The molecular weight excluding hydrogens is 406 g/mol. The zero-order chi connectivity index (χ0) is 21.1. The van der Waals surface area contributed by atoms with Gasteiger partial charge in [0.05, 0.1) is 24.2 Å². The minimum atomic E-state index is -3.83. The van der Waals surface area contributed by atoms with Gasteiger partial charge in [0.1, 0.15) is 0 Å². The van der Waals surface area contributed by atoms with Crippen molar-refractivity contribution in [2.45, 2.75) is 37.6 Å². The van der Waals surface area contributed by atoms with Crippen LogP contribution in [0.3, 0.4) is 0 Å². The van der Waals surface area contributed by atoms with E-state index >= 15 is 0 Å². The van der Waals surface area contributed by atoms with E-state index in [1.54, 1.807) is 28.9 Å². The summed E-state index contributed by atoms with van der Waals surface area (Å²) < 4.78 is 41.4. The van der Waals surface area contributed by atoms with Crippen LogP contribution in [0.15, 0.2) is 47.4 Å². The summed E-state index contributed by atoms with van der Waals surface area (Å²) in [5.41, 5.74) is 1.17. The third-order valence-corrected chi connectivity index (χ3v) is 5.96. The fourth-order valence-electron chi connectivity index (χ4n) is 3.08. The molecule has 2 aromatic carbocycles. The van der Waals surface area contributed by atoms with E-state index in [0.29, 0.717) is 42.3 Å². The largest absolute Gasteiger partial charge is 0.490 e. The summed E-state index contributed by atoms with van der Waals surface area (Å²) in [6, 6.07) is 11.9. The van der Waals surface area contributed by atoms with E-state index in [0.717, 1.165) is 18.4 Å². The van der Waals surface area contributed by atoms with Crippen LogP contribution in [0.1, 0.15) is 32.7 Å². The molecule has 1 aliphatic rings. The van der Waals surface area contributed by atoms with Gasteiger partial charge in [0.25, 0.3) is 10.0 Å². The standard InChI is InChI=1S/C20H23N5O4S/c1-3-28-18-11-10-17(13-19(18)29-4-2)30(26,27)22-15-7-5-6-14(12-15)20-21-23-24-25(20)16-8-9-16/h5-7,10-13,16,22H,3-4,8-9H2,1-2H3. The minimum Gasteiger partial charge on any atom is -0.490 e. The normalized spacial score (nSPS) is 13.8. The molecule has 1 heterocycles. The van der Waals surface area contributed by atoms with E-state index in [-0.39, 0.29) is 4.90 Å². The second-order valence-electron chi connectivity index (χ2n) is 6.84. The molecule has 0 amide bonds. The quantitative estimate of drug-likeness (QED) is 0.556. The number of nitrogens with zero attached hydrogens (tertiary/aromatic N) is 4. The SMILES string of the molecule is CCOc1ccc(S(=O)(=O)Nc2cccc(-c3nnnn3C3CC3)c2)cc1OCC. The van der Waals surface area contributed by atoms with Crippen LogP contribution in [-0.2, 0) is 10.0 Å². The monoisotopic (exact) mass is 429 g/mol. The topological polar surface area (TPSA) is 108 Å². The third kappa shape index (κ3) is 4.23. The Morgan fingerprint density at radius 2 is 1.83 bits per heavy atom. The lowest BCUT2D eigenvalue weighted by Crippen LogP contribution is -2.13. The van der Waals surface area contributed by atoms with Gasteiger partial charge in [0.2, 0.25) is 0 Å². The molecule has 0 atom stereocenters. The molecule has 1 aliphatic carbocycles. The summed E-state index contributed by atoms with van der Waals surface area (Å²) >= 11 is 0. The van der Waals surface area contributed by atoms with Crippen molar-refractivity contribution in [3.63, 3.8) is 0 Å². The van der Waals surface area contributed by atoms with Crippen LogP contribution >= 0.6 is 0 Å². The van der Waals surface area contributed by atoms with Crippen LogP contribution in [0.4, 0.5) is 5.69 Å². The van der Waals surface area contributed by atoms with Crippen molar-refractivity contribution in [1.29, 1.82) is 0 Å². The molecular formula is C20H23N5O4S. The average Bonchev–Trinajstić information content (AvgIpc) is 3.45. The number of tetrazole rings is 1. The van der Waals surface area contributed by atoms with Gasteiger partial charge in [0.15, 0.2) is 17.3 Å². The fraction of sp³-hybridized carbons (Fsp3) is 0.350. The smallest absolute Gasteiger partial charge is 0.262 e. The van der Waals surface area contributed by atoms with Gasteiger partial charge in [0, 0.05) is 17.3 Å². The molecule has 0 spiro atoms. The van der Waals surface area contributed by atoms with Gasteiger partial charge in [-0.1, -0.05) is 12.1 Å². The maximum Gasteiger partial charge on any atom is 0.262 e. The van der Waals surface area contributed by atoms with Crippen molar-refractivity contribution in [3.05, 3.63) is 42.5 Å². The molecule has 0 unspecified atom stereocenters. The zero-order valence-electron chi connectivity index (χ0n) is 16.8. The molecule has 0 aliphatic heterocycles. The summed E-state index contributed by atoms with van der Waals surface area (Å²) in [5, 5.41) is 11.9. The van der Waals surface area contributed by atoms with Crippen molar-refractivity contribution >= 4 is 15.7 Å². The van der Waals surface area contributed by atoms with E-state index in [9.17, 15) is 8.42 Å². The molecule has 0 saturated heterocycles. The molecule has 3 aromatic rings. The molecule has 1 aromatic heterocycles. The van der Waals surface area contributed by atoms with Gasteiger partial charge in [-0.25, -0.2) is 13.1 Å². The maximum atomic E-state index is 13.0. The lowest BCUT2D eigenvalue weighted by atomic mass is 10.2. The number of rotatable bonds is 9. The lowest BCUT2D eigenvalue weighted by Gasteiger charge is -2.14. The third-order valence-electron chi connectivity index (χ3n) is 4.58. The Morgan fingerprint density at radius 3 is 2.57 bits per heavy atom. The first-order valence-corrected chi connectivity index (χ1v) is 11.3. The fourth-order valence-corrected chi connectivity index (χ4v) is 4.15. The van der Waals surface area contributed by atoms with E-state index in [1.807, 2.05) is 19.9 Å². The van der Waals surface area contributed by atoms with Crippen molar-refractivity contribution in [2.24, 2.45) is 0 Å². The Morgan fingerprint density at radius 1 is 1.07 bits per heavy atom. The number of nitrogens with one attached hydrogen (secondary N) is 1. The first-order chi connectivity index (χ1) is 14.5. The highest BCUT2D eigenvalue weighted by Crippen LogP contribution is 2.37. The number of sulfonamides is 1. The van der Waals surface area contributed by atoms with Crippen LogP contribution in [-0.4, -0.2) is 41.8 Å². The van der Waals surface area contributed by atoms with Crippen molar-refractivity contribution < 1.29 is 17.9 Å². The highest BCUT2D eigenvalue weighted by molar-refractivity contribution is 7.92. The first-order valence-electron chi connectivity index (χ1n) is 9.82. The molecule has 1 saturated carbocycles. The van der Waals surface area contributed by atoms with Gasteiger partial charge >= 0.3 is 0 Å². The van der Waals surface area contributed by atoms with Gasteiger partial charge < -0.3 is 9.47 Å². The summed E-state index contributed by atoms with van der Waals surface area (Å²) in [6.45, 7) is 4.54. The number of hydrogen-bond acceptors (Lipinski definition) is 7. The summed E-state index contributed by atoms with van der Waals surface area (Å²) in [7, 11) is -3.83. The van der Waals surface area contributed by atoms with Crippen LogP contribution in [0.2, 0.25) is 0 Å². The Kier molecular flexibility index (Phi) is 5.58. The molecule has 1 N–H and O–H groups in total. The predicted molar refractivity (Wildman–Crippen MR) is 111 cm³/mol. The Bertz CT molecular complexity index is 1140. The molecule has 4 rings (SSSR count).